The lowest BCUT2D eigenvalue weighted by Gasteiger charge is -2.06. The number of hydrogen-bond donors (Lipinski definition) is 0. The van der Waals surface area contributed by atoms with Crippen LogP contribution in [-0.4, -0.2) is 6.08 Å². The molecule has 14 heavy (non-hydrogen) atoms. The van der Waals surface area contributed by atoms with Crippen LogP contribution in [0.3, 0.4) is 0 Å². The Morgan fingerprint density at radius 2 is 1.93 bits per heavy atom. The lowest BCUT2D eigenvalue weighted by molar-refractivity contribution is 0.564. The van der Waals surface area contributed by atoms with Gasteiger partial charge in [0, 0.05) is 0 Å². The third kappa shape index (κ3) is 7.51. The minimum absolute atomic E-state index is 0.497. The molecule has 0 N–H and O–H groups in total. The number of nitrogens with zero attached hydrogens (tertiary/aromatic N) is 1. The molecule has 1 aliphatic rings. The average Bonchev–Trinajstić information content (AvgIpc) is 2.24. The van der Waals surface area contributed by atoms with Gasteiger partial charge in [0.1, 0.15) is 0 Å². The van der Waals surface area contributed by atoms with Crippen LogP contribution < -0.4 is 0 Å². The summed E-state index contributed by atoms with van der Waals surface area (Å²) in [5.41, 5.74) is 0.730. The fraction of sp³-hybridized carbons (Fsp3) is 0.583. The Hall–Kier alpha value is -1.14. The molecule has 0 saturated carbocycles. The zero-order valence-corrected chi connectivity index (χ0v) is 9.87. The number of rotatable bonds is 1. The molecule has 0 radical (unpaired) electrons. The smallest absolute Gasteiger partial charge is 0.211 e. The summed E-state index contributed by atoms with van der Waals surface area (Å²) in [5, 5.41) is 0. The van der Waals surface area contributed by atoms with Crippen LogP contribution in [-0.2, 0) is 4.79 Å². The number of aliphatic imine (C=N–C) groups is 1. The molecule has 1 atom stereocenters. The van der Waals surface area contributed by atoms with E-state index in [1.54, 1.807) is 0 Å². The van der Waals surface area contributed by atoms with Crippen LogP contribution in [0, 0.1) is 5.92 Å². The van der Waals surface area contributed by atoms with E-state index in [9.17, 15) is 4.79 Å². The molecule has 0 amide bonds. The molecule has 0 aliphatic heterocycles. The van der Waals surface area contributed by atoms with Crippen LogP contribution in [0.1, 0.15) is 41.0 Å². The van der Waals surface area contributed by atoms with Crippen molar-refractivity contribution in [3.05, 3.63) is 23.9 Å². The van der Waals surface area contributed by atoms with Crippen molar-refractivity contribution in [1.29, 1.82) is 0 Å². The SMILES string of the molecule is CC.CC.CC1C=C(N=C=O)C=CC1. The van der Waals surface area contributed by atoms with Gasteiger partial charge in [0.2, 0.25) is 6.08 Å². The maximum atomic E-state index is 9.81. The van der Waals surface area contributed by atoms with Crippen molar-refractivity contribution in [1.82, 2.24) is 0 Å². The Kier molecular flexibility index (Phi) is 13.0. The molecular formula is C12H21NO. The third-order valence-electron chi connectivity index (χ3n) is 1.43. The highest BCUT2D eigenvalue weighted by Gasteiger charge is 2.01. The molecule has 1 unspecified atom stereocenters. The van der Waals surface area contributed by atoms with Gasteiger partial charge in [-0.1, -0.05) is 46.8 Å². The van der Waals surface area contributed by atoms with Crippen LogP contribution in [0.25, 0.3) is 0 Å². The fourth-order valence-corrected chi connectivity index (χ4v) is 0.946. The zero-order chi connectivity index (χ0) is 11.4. The molecule has 2 heteroatoms. The molecule has 0 spiro atoms. The molecule has 80 valence electrons. The second-order valence-corrected chi connectivity index (χ2v) is 2.41. The summed E-state index contributed by atoms with van der Waals surface area (Å²) >= 11 is 0. The number of hydrogen-bond acceptors (Lipinski definition) is 2. The molecular weight excluding hydrogens is 174 g/mol. The molecule has 0 bridgehead atoms. The summed E-state index contributed by atoms with van der Waals surface area (Å²) in [6.45, 7) is 10.1. The van der Waals surface area contributed by atoms with Gasteiger partial charge in [-0.3, -0.25) is 0 Å². The summed E-state index contributed by atoms with van der Waals surface area (Å²) in [4.78, 5) is 13.3. The standard InChI is InChI=1S/C8H9NO.2C2H6/c1-7-3-2-4-8(5-7)9-6-10;2*1-2/h2,4-5,7H,3H2,1H3;2*1-2H3. The van der Waals surface area contributed by atoms with E-state index in [2.05, 4.69) is 11.9 Å². The lowest BCUT2D eigenvalue weighted by atomic mass is 10.0. The van der Waals surface area contributed by atoms with Crippen LogP contribution in [0.4, 0.5) is 0 Å². The summed E-state index contributed by atoms with van der Waals surface area (Å²) in [5.74, 6) is 0.497. The van der Waals surface area contributed by atoms with E-state index in [1.807, 2.05) is 45.9 Å². The average molecular weight is 195 g/mol. The van der Waals surface area contributed by atoms with Gasteiger partial charge in [-0.15, -0.1) is 0 Å². The molecule has 0 heterocycles. The first kappa shape index (κ1) is 15.3. The van der Waals surface area contributed by atoms with Crippen LogP contribution >= 0.6 is 0 Å². The normalized spacial score (nSPS) is 17.5. The molecule has 0 aromatic carbocycles. The Labute approximate surface area is 87.4 Å². The highest BCUT2D eigenvalue weighted by atomic mass is 16.1. The van der Waals surface area contributed by atoms with E-state index < -0.39 is 0 Å². The van der Waals surface area contributed by atoms with E-state index in [4.69, 9.17) is 0 Å². The summed E-state index contributed by atoms with van der Waals surface area (Å²) < 4.78 is 0. The molecule has 0 fully saturated rings. The van der Waals surface area contributed by atoms with Crippen molar-refractivity contribution in [3.8, 4) is 0 Å². The van der Waals surface area contributed by atoms with Crippen molar-refractivity contribution in [2.45, 2.75) is 41.0 Å². The molecule has 0 aromatic rings. The number of carbonyl (C=O) groups excluding carboxylic acids is 1. The van der Waals surface area contributed by atoms with E-state index >= 15 is 0 Å². The molecule has 1 aliphatic carbocycles. The first-order valence-corrected chi connectivity index (χ1v) is 5.29. The second kappa shape index (κ2) is 11.9. The van der Waals surface area contributed by atoms with Crippen LogP contribution in [0.15, 0.2) is 28.9 Å². The van der Waals surface area contributed by atoms with E-state index in [1.165, 1.54) is 6.08 Å². The predicted molar refractivity (Wildman–Crippen MR) is 61.8 cm³/mol. The number of allylic oxidation sites excluding steroid dienone is 3. The van der Waals surface area contributed by atoms with Crippen molar-refractivity contribution in [3.63, 3.8) is 0 Å². The monoisotopic (exact) mass is 195 g/mol. The van der Waals surface area contributed by atoms with Gasteiger partial charge in [0.25, 0.3) is 0 Å². The molecule has 0 saturated heterocycles. The van der Waals surface area contributed by atoms with Gasteiger partial charge in [-0.05, 0) is 18.4 Å². The van der Waals surface area contributed by atoms with Gasteiger partial charge >= 0.3 is 0 Å². The molecule has 1 rings (SSSR count). The maximum absolute atomic E-state index is 9.81. The zero-order valence-electron chi connectivity index (χ0n) is 9.87. The summed E-state index contributed by atoms with van der Waals surface area (Å²) in [6.07, 6.45) is 8.37. The first-order valence-electron chi connectivity index (χ1n) is 5.29. The largest absolute Gasteiger partial charge is 0.240 e. The lowest BCUT2D eigenvalue weighted by Crippen LogP contribution is -1.92. The van der Waals surface area contributed by atoms with E-state index in [-0.39, 0.29) is 0 Å². The van der Waals surface area contributed by atoms with Gasteiger partial charge in [0.15, 0.2) is 0 Å². The van der Waals surface area contributed by atoms with Gasteiger partial charge in [0.05, 0.1) is 5.70 Å². The Balaban J connectivity index is 0. The Bertz CT molecular complexity index is 222. The van der Waals surface area contributed by atoms with Crippen molar-refractivity contribution < 1.29 is 4.79 Å². The maximum Gasteiger partial charge on any atom is 0.240 e. The topological polar surface area (TPSA) is 29.4 Å². The van der Waals surface area contributed by atoms with E-state index in [0.717, 1.165) is 12.1 Å². The van der Waals surface area contributed by atoms with Crippen molar-refractivity contribution in [2.24, 2.45) is 10.9 Å². The number of isocyanates is 1. The van der Waals surface area contributed by atoms with Crippen LogP contribution in [0.2, 0.25) is 0 Å². The van der Waals surface area contributed by atoms with Gasteiger partial charge < -0.3 is 0 Å². The highest BCUT2D eigenvalue weighted by molar-refractivity contribution is 5.40. The van der Waals surface area contributed by atoms with Crippen molar-refractivity contribution >= 4 is 6.08 Å². The quantitative estimate of drug-likeness (QED) is 0.461. The minimum Gasteiger partial charge on any atom is -0.211 e. The fourth-order valence-electron chi connectivity index (χ4n) is 0.946. The second-order valence-electron chi connectivity index (χ2n) is 2.41. The molecule has 0 aromatic heterocycles. The first-order chi connectivity index (χ1) is 6.83. The van der Waals surface area contributed by atoms with Crippen molar-refractivity contribution in [2.75, 3.05) is 0 Å². The summed E-state index contributed by atoms with van der Waals surface area (Å²) in [6, 6.07) is 0. The predicted octanol–water partition coefficient (Wildman–Crippen LogP) is 3.85. The highest BCUT2D eigenvalue weighted by Crippen LogP contribution is 2.15. The molecule has 2 nitrogen and oxygen atoms in total. The minimum atomic E-state index is 0.497. The van der Waals surface area contributed by atoms with E-state index in [0.29, 0.717) is 5.92 Å². The third-order valence-corrected chi connectivity index (χ3v) is 1.43. The van der Waals surface area contributed by atoms with Crippen LogP contribution in [0.5, 0.6) is 0 Å². The Morgan fingerprint density at radius 3 is 2.36 bits per heavy atom. The Morgan fingerprint density at radius 1 is 1.36 bits per heavy atom. The van der Waals surface area contributed by atoms with Gasteiger partial charge in [-0.25, -0.2) is 4.79 Å². The van der Waals surface area contributed by atoms with Gasteiger partial charge in [-0.2, -0.15) is 4.99 Å². The summed E-state index contributed by atoms with van der Waals surface area (Å²) in [7, 11) is 0.